The maximum Gasteiger partial charge on any atom is 0.155 e. The Bertz CT molecular complexity index is 239. The Morgan fingerprint density at radius 1 is 0.375 bits per heavy atom. The fraction of sp³-hybridized carbons (Fsp3) is 1.00. The molecular formula is C18H36N2O4. The quantitative estimate of drug-likeness (QED) is 0.133. The highest BCUT2D eigenvalue weighted by Gasteiger charge is 1.95. The normalized spacial score (nSPS) is 10.5. The Hall–Kier alpha value is -1.20. The van der Waals surface area contributed by atoms with Crippen molar-refractivity contribution in [3.63, 3.8) is 0 Å². The molecule has 24 heavy (non-hydrogen) atoms. The second-order valence-corrected chi connectivity index (χ2v) is 6.47. The largest absolute Gasteiger partial charge is 0.364 e. The van der Waals surface area contributed by atoms with Crippen LogP contribution in [0.1, 0.15) is 103 Å². The van der Waals surface area contributed by atoms with Gasteiger partial charge < -0.3 is 9.68 Å². The summed E-state index contributed by atoms with van der Waals surface area (Å²) in [5.74, 6) is 0. The highest BCUT2D eigenvalue weighted by Crippen LogP contribution is 2.13. The molecule has 0 spiro atoms. The van der Waals surface area contributed by atoms with Crippen LogP contribution in [0.15, 0.2) is 10.7 Å². The van der Waals surface area contributed by atoms with Crippen LogP contribution < -0.4 is 0 Å². The minimum atomic E-state index is 0.468. The van der Waals surface area contributed by atoms with Crippen molar-refractivity contribution in [1.82, 2.24) is 0 Å². The van der Waals surface area contributed by atoms with E-state index in [4.69, 9.17) is 0 Å². The molecule has 0 bridgehead atoms. The molecule has 6 nitrogen and oxygen atoms in total. The highest BCUT2D eigenvalue weighted by molar-refractivity contribution is 4.50. The van der Waals surface area contributed by atoms with Crippen molar-refractivity contribution in [2.45, 2.75) is 103 Å². The predicted molar refractivity (Wildman–Crippen MR) is 97.4 cm³/mol. The molecule has 0 unspecified atom stereocenters. The third-order valence-corrected chi connectivity index (χ3v) is 4.33. The summed E-state index contributed by atoms with van der Waals surface area (Å²) in [6.07, 6.45) is 20.0. The third-order valence-electron chi connectivity index (χ3n) is 4.33. The minimum absolute atomic E-state index is 0.468. The van der Waals surface area contributed by atoms with Gasteiger partial charge in [0.1, 0.15) is 13.2 Å². The van der Waals surface area contributed by atoms with Crippen molar-refractivity contribution in [1.29, 1.82) is 0 Å². The van der Waals surface area contributed by atoms with Crippen LogP contribution in [0.3, 0.4) is 0 Å². The monoisotopic (exact) mass is 344 g/mol. The minimum Gasteiger partial charge on any atom is -0.364 e. The van der Waals surface area contributed by atoms with E-state index in [1.54, 1.807) is 0 Å². The Kier molecular flexibility index (Phi) is 20.7. The Morgan fingerprint density at radius 2 is 0.583 bits per heavy atom. The molecule has 0 saturated heterocycles. The zero-order valence-corrected chi connectivity index (χ0v) is 15.3. The van der Waals surface area contributed by atoms with E-state index in [0.29, 0.717) is 13.2 Å². The van der Waals surface area contributed by atoms with Gasteiger partial charge in [-0.1, -0.05) is 77.0 Å². The number of unbranched alkanes of at least 4 members (excludes halogenated alkanes) is 15. The molecule has 0 radical (unpaired) electrons. The Labute approximate surface area is 146 Å². The van der Waals surface area contributed by atoms with Crippen molar-refractivity contribution < 1.29 is 9.68 Å². The van der Waals surface area contributed by atoms with E-state index in [-0.39, 0.29) is 0 Å². The molecule has 0 aromatic carbocycles. The highest BCUT2D eigenvalue weighted by atomic mass is 16.7. The Balaban J connectivity index is 2.95. The summed E-state index contributed by atoms with van der Waals surface area (Å²) in [7, 11) is 0. The van der Waals surface area contributed by atoms with Gasteiger partial charge in [0, 0.05) is 0 Å². The molecule has 0 saturated carbocycles. The Morgan fingerprint density at radius 3 is 0.792 bits per heavy atom. The van der Waals surface area contributed by atoms with Crippen LogP contribution in [0, 0.1) is 9.81 Å². The van der Waals surface area contributed by atoms with E-state index in [0.717, 1.165) is 25.7 Å². The zero-order chi connectivity index (χ0) is 17.6. The first-order chi connectivity index (χ1) is 11.9. The van der Waals surface area contributed by atoms with Crippen LogP contribution in [0.25, 0.3) is 0 Å². The van der Waals surface area contributed by atoms with Gasteiger partial charge in [-0.3, -0.25) is 0 Å². The van der Waals surface area contributed by atoms with Gasteiger partial charge in [-0.05, 0) is 25.7 Å². The van der Waals surface area contributed by atoms with Gasteiger partial charge in [0.15, 0.2) is 10.7 Å². The molecule has 6 heteroatoms. The lowest BCUT2D eigenvalue weighted by molar-refractivity contribution is 0.135. The summed E-state index contributed by atoms with van der Waals surface area (Å²) >= 11 is 0. The van der Waals surface area contributed by atoms with E-state index >= 15 is 0 Å². The standard InChI is InChI=1S/C18H36N2O4/c21-19-23-17-15-13-11-9-7-5-3-1-2-4-6-8-10-12-14-16-18-24-20-22/h1-18H2. The van der Waals surface area contributed by atoms with Gasteiger partial charge in [-0.25, -0.2) is 0 Å². The number of nitrogens with zero attached hydrogens (tertiary/aromatic N) is 2. The summed E-state index contributed by atoms with van der Waals surface area (Å²) in [6.45, 7) is 0.936. The topological polar surface area (TPSA) is 77.3 Å². The summed E-state index contributed by atoms with van der Waals surface area (Å²) in [6, 6.07) is 0. The molecule has 0 rings (SSSR count). The molecule has 0 aromatic heterocycles. The molecule has 0 amide bonds. The van der Waals surface area contributed by atoms with Crippen LogP contribution >= 0.6 is 0 Å². The summed E-state index contributed by atoms with van der Waals surface area (Å²) in [4.78, 5) is 28.3. The lowest BCUT2D eigenvalue weighted by Crippen LogP contribution is -1.88. The average molecular weight is 344 g/mol. The molecule has 0 heterocycles. The average Bonchev–Trinajstić information content (AvgIpc) is 2.60. The van der Waals surface area contributed by atoms with Crippen molar-refractivity contribution in [3.8, 4) is 0 Å². The molecule has 0 aliphatic rings. The van der Waals surface area contributed by atoms with E-state index in [2.05, 4.69) is 20.4 Å². The van der Waals surface area contributed by atoms with Crippen LogP contribution in [0.4, 0.5) is 0 Å². The van der Waals surface area contributed by atoms with Crippen molar-refractivity contribution >= 4 is 0 Å². The van der Waals surface area contributed by atoms with E-state index in [1.165, 1.54) is 77.0 Å². The molecular weight excluding hydrogens is 308 g/mol. The zero-order valence-electron chi connectivity index (χ0n) is 15.3. The van der Waals surface area contributed by atoms with Gasteiger partial charge >= 0.3 is 0 Å². The van der Waals surface area contributed by atoms with Crippen molar-refractivity contribution in [2.75, 3.05) is 13.2 Å². The predicted octanol–water partition coefficient (Wildman–Crippen LogP) is 6.62. The summed E-state index contributed by atoms with van der Waals surface area (Å²) in [5.41, 5.74) is 0. The van der Waals surface area contributed by atoms with Crippen LogP contribution in [0.5, 0.6) is 0 Å². The van der Waals surface area contributed by atoms with Crippen molar-refractivity contribution in [2.24, 2.45) is 10.7 Å². The van der Waals surface area contributed by atoms with Crippen LogP contribution in [-0.2, 0) is 9.68 Å². The van der Waals surface area contributed by atoms with Gasteiger partial charge in [0.25, 0.3) is 0 Å². The van der Waals surface area contributed by atoms with E-state index < -0.39 is 0 Å². The van der Waals surface area contributed by atoms with Crippen molar-refractivity contribution in [3.05, 3.63) is 9.81 Å². The fourth-order valence-corrected chi connectivity index (χ4v) is 2.88. The molecule has 0 aliphatic carbocycles. The first-order valence-corrected chi connectivity index (χ1v) is 9.81. The van der Waals surface area contributed by atoms with Crippen LogP contribution in [-0.4, -0.2) is 13.2 Å². The van der Waals surface area contributed by atoms with E-state index in [9.17, 15) is 9.81 Å². The van der Waals surface area contributed by atoms with Gasteiger partial charge in [-0.15, -0.1) is 9.81 Å². The lowest BCUT2D eigenvalue weighted by Gasteiger charge is -2.03. The van der Waals surface area contributed by atoms with E-state index in [1.807, 2.05) is 0 Å². The number of hydrogen-bond donors (Lipinski definition) is 0. The maximum atomic E-state index is 9.71. The smallest absolute Gasteiger partial charge is 0.155 e. The molecule has 0 aromatic rings. The number of hydrogen-bond acceptors (Lipinski definition) is 6. The SMILES string of the molecule is O=NOCCCCCCCCCCCCCCCCCCON=O. The molecule has 142 valence electrons. The fourth-order valence-electron chi connectivity index (χ4n) is 2.88. The first kappa shape index (κ1) is 22.8. The second kappa shape index (κ2) is 21.8. The van der Waals surface area contributed by atoms with Gasteiger partial charge in [-0.2, -0.15) is 0 Å². The van der Waals surface area contributed by atoms with Crippen LogP contribution in [0.2, 0.25) is 0 Å². The molecule has 0 N–H and O–H groups in total. The first-order valence-electron chi connectivity index (χ1n) is 9.81. The lowest BCUT2D eigenvalue weighted by atomic mass is 10.0. The van der Waals surface area contributed by atoms with Gasteiger partial charge in [0.05, 0.1) is 0 Å². The number of rotatable bonds is 21. The second-order valence-electron chi connectivity index (χ2n) is 6.47. The molecule has 0 aliphatic heterocycles. The van der Waals surface area contributed by atoms with Gasteiger partial charge in [0.2, 0.25) is 0 Å². The maximum absolute atomic E-state index is 9.71. The summed E-state index contributed by atoms with van der Waals surface area (Å²) < 4.78 is 0. The molecule has 0 atom stereocenters. The molecule has 0 fully saturated rings. The third kappa shape index (κ3) is 20.8. The summed E-state index contributed by atoms with van der Waals surface area (Å²) in [5, 5.41) is 4.77.